The number of hydrogen-bond acceptors (Lipinski definition) is 6. The van der Waals surface area contributed by atoms with E-state index in [2.05, 4.69) is 9.97 Å². The van der Waals surface area contributed by atoms with Gasteiger partial charge in [-0.05, 0) is 43.0 Å². The molecule has 0 spiro atoms. The van der Waals surface area contributed by atoms with Gasteiger partial charge in [0.15, 0.2) is 6.61 Å². The van der Waals surface area contributed by atoms with Gasteiger partial charge in [-0.25, -0.2) is 9.37 Å². The van der Waals surface area contributed by atoms with Crippen molar-refractivity contribution < 1.29 is 23.5 Å². The van der Waals surface area contributed by atoms with E-state index in [-0.39, 0.29) is 30.2 Å². The minimum atomic E-state index is -0.341. The van der Waals surface area contributed by atoms with Gasteiger partial charge < -0.3 is 19.3 Å². The second kappa shape index (κ2) is 10.4. The number of amides is 2. The molecule has 1 aromatic heterocycles. The molecular weight excluding hydrogens is 415 g/mol. The average Bonchev–Trinajstić information content (AvgIpc) is 3.17. The average molecular weight is 442 g/mol. The predicted molar refractivity (Wildman–Crippen MR) is 113 cm³/mol. The Balaban J connectivity index is 1.16. The quantitative estimate of drug-likeness (QED) is 0.623. The summed E-state index contributed by atoms with van der Waals surface area (Å²) in [4.78, 5) is 36.6. The fourth-order valence-electron chi connectivity index (χ4n) is 4.15. The van der Waals surface area contributed by atoms with Gasteiger partial charge in [0.25, 0.3) is 5.91 Å². The van der Waals surface area contributed by atoms with Crippen molar-refractivity contribution in [2.75, 3.05) is 39.4 Å². The first-order chi connectivity index (χ1) is 15.6. The van der Waals surface area contributed by atoms with Gasteiger partial charge in [0.1, 0.15) is 11.6 Å². The van der Waals surface area contributed by atoms with Gasteiger partial charge in [0.2, 0.25) is 11.8 Å². The highest BCUT2D eigenvalue weighted by Gasteiger charge is 2.33. The molecule has 2 aromatic rings. The van der Waals surface area contributed by atoms with Crippen LogP contribution >= 0.6 is 0 Å². The monoisotopic (exact) mass is 442 g/mol. The van der Waals surface area contributed by atoms with E-state index in [1.807, 2.05) is 4.90 Å². The number of aromatic nitrogens is 2. The van der Waals surface area contributed by atoms with Crippen molar-refractivity contribution in [3.8, 4) is 11.6 Å². The molecule has 1 atom stereocenters. The van der Waals surface area contributed by atoms with Crippen LogP contribution in [0, 0.1) is 17.7 Å². The summed E-state index contributed by atoms with van der Waals surface area (Å²) in [6.45, 7) is 3.09. The molecule has 0 saturated carbocycles. The summed E-state index contributed by atoms with van der Waals surface area (Å²) in [6, 6.07) is 5.62. The van der Waals surface area contributed by atoms with E-state index < -0.39 is 0 Å². The Kier molecular flexibility index (Phi) is 7.14. The molecule has 2 fully saturated rings. The molecule has 2 aliphatic heterocycles. The van der Waals surface area contributed by atoms with E-state index >= 15 is 0 Å². The van der Waals surface area contributed by atoms with Crippen LogP contribution in [0.1, 0.15) is 19.3 Å². The third-order valence-corrected chi connectivity index (χ3v) is 5.92. The minimum absolute atomic E-state index is 0.0611. The number of likely N-dealkylation sites (tertiary alicyclic amines) is 2. The highest BCUT2D eigenvalue weighted by molar-refractivity contribution is 5.79. The van der Waals surface area contributed by atoms with Crippen LogP contribution in [-0.4, -0.2) is 71.0 Å². The van der Waals surface area contributed by atoms with Crippen molar-refractivity contribution in [2.24, 2.45) is 11.8 Å². The maximum Gasteiger partial charge on any atom is 0.260 e. The summed E-state index contributed by atoms with van der Waals surface area (Å²) in [5.41, 5.74) is 0. The van der Waals surface area contributed by atoms with E-state index in [4.69, 9.17) is 9.47 Å². The molecule has 4 rings (SSSR count). The Morgan fingerprint density at radius 2 is 1.88 bits per heavy atom. The minimum Gasteiger partial charge on any atom is -0.484 e. The molecular formula is C23H27FN4O4. The lowest BCUT2D eigenvalue weighted by molar-refractivity contribution is -0.135. The van der Waals surface area contributed by atoms with Crippen LogP contribution in [0.4, 0.5) is 4.39 Å². The summed E-state index contributed by atoms with van der Waals surface area (Å²) in [7, 11) is 0. The van der Waals surface area contributed by atoms with Gasteiger partial charge in [-0.2, -0.15) is 0 Å². The van der Waals surface area contributed by atoms with Gasteiger partial charge in [0.05, 0.1) is 12.8 Å². The number of carbonyl (C=O) groups excluding carboxylic acids is 2. The molecule has 170 valence electrons. The van der Waals surface area contributed by atoms with Crippen molar-refractivity contribution >= 4 is 11.8 Å². The molecule has 9 heteroatoms. The van der Waals surface area contributed by atoms with Gasteiger partial charge in [-0.1, -0.05) is 0 Å². The Morgan fingerprint density at radius 1 is 1.09 bits per heavy atom. The zero-order valence-corrected chi connectivity index (χ0v) is 17.9. The Hall–Kier alpha value is -3.23. The van der Waals surface area contributed by atoms with Crippen LogP contribution in [-0.2, 0) is 9.59 Å². The van der Waals surface area contributed by atoms with Crippen LogP contribution in [0.3, 0.4) is 0 Å². The van der Waals surface area contributed by atoms with E-state index in [9.17, 15) is 14.0 Å². The molecule has 0 N–H and O–H groups in total. The van der Waals surface area contributed by atoms with Crippen molar-refractivity contribution in [3.63, 3.8) is 0 Å². The predicted octanol–water partition coefficient (Wildman–Crippen LogP) is 2.16. The van der Waals surface area contributed by atoms with Gasteiger partial charge in [-0.15, -0.1) is 0 Å². The van der Waals surface area contributed by atoms with Crippen LogP contribution < -0.4 is 9.47 Å². The maximum absolute atomic E-state index is 12.9. The summed E-state index contributed by atoms with van der Waals surface area (Å²) < 4.78 is 24.1. The fraction of sp³-hybridized carbons (Fsp3) is 0.478. The first-order valence-electron chi connectivity index (χ1n) is 10.9. The number of hydrogen-bond donors (Lipinski definition) is 0. The van der Waals surface area contributed by atoms with E-state index in [0.717, 1.165) is 12.8 Å². The van der Waals surface area contributed by atoms with Crippen molar-refractivity contribution in [2.45, 2.75) is 19.3 Å². The molecule has 2 amide bonds. The van der Waals surface area contributed by atoms with Crippen LogP contribution in [0.2, 0.25) is 0 Å². The molecule has 2 aliphatic rings. The molecule has 0 aliphatic carbocycles. The van der Waals surface area contributed by atoms with Crippen molar-refractivity contribution in [1.82, 2.24) is 19.8 Å². The van der Waals surface area contributed by atoms with Gasteiger partial charge in [-0.3, -0.25) is 14.6 Å². The third-order valence-electron chi connectivity index (χ3n) is 5.92. The number of piperidine rings is 1. The SMILES string of the molecule is O=C(COc1ccc(F)cc1)N1CCC(CN2CC(COc3cnccn3)CC2=O)CC1. The molecule has 2 saturated heterocycles. The second-order valence-electron chi connectivity index (χ2n) is 8.29. The Labute approximate surface area is 186 Å². The lowest BCUT2D eigenvalue weighted by Gasteiger charge is -2.34. The fourth-order valence-corrected chi connectivity index (χ4v) is 4.15. The lowest BCUT2D eigenvalue weighted by Crippen LogP contribution is -2.43. The summed E-state index contributed by atoms with van der Waals surface area (Å²) in [6.07, 6.45) is 6.92. The molecule has 1 aromatic carbocycles. The van der Waals surface area contributed by atoms with E-state index in [1.165, 1.54) is 24.3 Å². The molecule has 1 unspecified atom stereocenters. The van der Waals surface area contributed by atoms with Crippen molar-refractivity contribution in [3.05, 3.63) is 48.7 Å². The number of ether oxygens (including phenoxy) is 2. The van der Waals surface area contributed by atoms with Crippen LogP contribution in [0.25, 0.3) is 0 Å². The highest BCUT2D eigenvalue weighted by atomic mass is 19.1. The highest BCUT2D eigenvalue weighted by Crippen LogP contribution is 2.24. The summed E-state index contributed by atoms with van der Waals surface area (Å²) in [5, 5.41) is 0. The molecule has 0 radical (unpaired) electrons. The number of halogens is 1. The topological polar surface area (TPSA) is 84.9 Å². The van der Waals surface area contributed by atoms with Crippen LogP contribution in [0.5, 0.6) is 11.6 Å². The molecule has 0 bridgehead atoms. The smallest absolute Gasteiger partial charge is 0.260 e. The zero-order valence-electron chi connectivity index (χ0n) is 17.9. The second-order valence-corrected chi connectivity index (χ2v) is 8.29. The van der Waals surface area contributed by atoms with Crippen LogP contribution in [0.15, 0.2) is 42.9 Å². The first kappa shape index (κ1) is 22.0. The summed E-state index contributed by atoms with van der Waals surface area (Å²) in [5.74, 6) is 1.20. The Bertz CT molecular complexity index is 904. The molecule has 3 heterocycles. The van der Waals surface area contributed by atoms with Gasteiger partial charge >= 0.3 is 0 Å². The molecule has 32 heavy (non-hydrogen) atoms. The van der Waals surface area contributed by atoms with Crippen molar-refractivity contribution in [1.29, 1.82) is 0 Å². The first-order valence-corrected chi connectivity index (χ1v) is 10.9. The number of benzene rings is 1. The zero-order chi connectivity index (χ0) is 22.3. The summed E-state index contributed by atoms with van der Waals surface area (Å²) >= 11 is 0. The van der Waals surface area contributed by atoms with E-state index in [0.29, 0.717) is 56.8 Å². The maximum atomic E-state index is 12.9. The normalized spacial score (nSPS) is 19.3. The number of rotatable bonds is 8. The number of nitrogens with zero attached hydrogens (tertiary/aromatic N) is 4. The van der Waals surface area contributed by atoms with E-state index in [1.54, 1.807) is 23.5 Å². The largest absolute Gasteiger partial charge is 0.484 e. The Morgan fingerprint density at radius 3 is 2.59 bits per heavy atom. The van der Waals surface area contributed by atoms with Gasteiger partial charge in [0, 0.05) is 50.9 Å². The molecule has 8 nitrogen and oxygen atoms in total. The third kappa shape index (κ3) is 5.93. The lowest BCUT2D eigenvalue weighted by atomic mass is 9.96. The number of carbonyl (C=O) groups is 2. The standard InChI is InChI=1S/C23H27FN4O4/c24-19-1-3-20(4-2-19)31-16-23(30)27-9-5-17(6-10-27)13-28-14-18(11-22(28)29)15-32-21-12-25-7-8-26-21/h1-4,7-8,12,17-18H,5-6,9-11,13-16H2.